The Morgan fingerprint density at radius 1 is 1.25 bits per heavy atom. The molecule has 1 N–H and O–H groups in total. The summed E-state index contributed by atoms with van der Waals surface area (Å²) in [5.41, 5.74) is 5.94. The first-order valence-corrected chi connectivity index (χ1v) is 6.86. The van der Waals surface area contributed by atoms with Gasteiger partial charge in [0.15, 0.2) is 0 Å². The van der Waals surface area contributed by atoms with Crippen molar-refractivity contribution < 1.29 is 0 Å². The number of thioether (sulfide) groups is 1. The Kier molecular flexibility index (Phi) is 3.06. The molecule has 0 aliphatic carbocycles. The van der Waals surface area contributed by atoms with Crippen LogP contribution >= 0.6 is 11.8 Å². The monoisotopic (exact) mass is 235 g/mol. The fourth-order valence-electron chi connectivity index (χ4n) is 2.67. The lowest BCUT2D eigenvalue weighted by Crippen LogP contribution is -2.39. The minimum Gasteiger partial charge on any atom is -0.312 e. The van der Waals surface area contributed by atoms with Crippen LogP contribution in [0.4, 0.5) is 0 Å². The summed E-state index contributed by atoms with van der Waals surface area (Å²) in [6.07, 6.45) is 0. The summed E-state index contributed by atoms with van der Waals surface area (Å²) in [7, 11) is 2.07. The molecule has 1 aromatic carbocycles. The third-order valence-electron chi connectivity index (χ3n) is 3.67. The highest BCUT2D eigenvalue weighted by Crippen LogP contribution is 2.47. The van der Waals surface area contributed by atoms with Crippen molar-refractivity contribution in [3.8, 4) is 0 Å². The number of benzene rings is 1. The first-order valence-electron chi connectivity index (χ1n) is 5.87. The van der Waals surface area contributed by atoms with Crippen molar-refractivity contribution >= 4 is 11.8 Å². The second-order valence-corrected chi connectivity index (χ2v) is 6.83. The van der Waals surface area contributed by atoms with Gasteiger partial charge in [-0.05, 0) is 57.0 Å². The van der Waals surface area contributed by atoms with Gasteiger partial charge in [0.05, 0.1) is 0 Å². The highest BCUT2D eigenvalue weighted by atomic mass is 32.2. The van der Waals surface area contributed by atoms with E-state index in [0.29, 0.717) is 6.04 Å². The van der Waals surface area contributed by atoms with E-state index in [2.05, 4.69) is 64.0 Å². The summed E-state index contributed by atoms with van der Waals surface area (Å²) in [5, 5.41) is 3.50. The highest BCUT2D eigenvalue weighted by molar-refractivity contribution is 8.00. The van der Waals surface area contributed by atoms with Gasteiger partial charge in [-0.15, -0.1) is 11.8 Å². The molecule has 2 rings (SSSR count). The summed E-state index contributed by atoms with van der Waals surface area (Å²) in [6.45, 7) is 9.13. The van der Waals surface area contributed by atoms with Crippen LogP contribution in [0.5, 0.6) is 0 Å². The quantitative estimate of drug-likeness (QED) is 0.798. The number of aryl methyl sites for hydroxylation is 2. The van der Waals surface area contributed by atoms with Gasteiger partial charge in [-0.2, -0.15) is 0 Å². The van der Waals surface area contributed by atoms with Gasteiger partial charge in [-0.3, -0.25) is 0 Å². The van der Waals surface area contributed by atoms with E-state index in [1.807, 2.05) is 0 Å². The Morgan fingerprint density at radius 2 is 1.88 bits per heavy atom. The van der Waals surface area contributed by atoms with E-state index < -0.39 is 0 Å². The van der Waals surface area contributed by atoms with Crippen molar-refractivity contribution in [2.24, 2.45) is 0 Å². The lowest BCUT2D eigenvalue weighted by Gasteiger charge is -2.41. The van der Waals surface area contributed by atoms with Gasteiger partial charge in [-0.25, -0.2) is 0 Å². The van der Waals surface area contributed by atoms with Crippen molar-refractivity contribution in [1.82, 2.24) is 5.32 Å². The molecule has 0 radical (unpaired) electrons. The Morgan fingerprint density at radius 3 is 2.50 bits per heavy atom. The third-order valence-corrected chi connectivity index (χ3v) is 5.08. The van der Waals surface area contributed by atoms with Crippen LogP contribution in [0.2, 0.25) is 0 Å². The lowest BCUT2D eigenvalue weighted by molar-refractivity contribution is 0.472. The molecule has 1 heterocycles. The lowest BCUT2D eigenvalue weighted by atomic mass is 9.86. The van der Waals surface area contributed by atoms with Crippen molar-refractivity contribution in [3.05, 3.63) is 34.4 Å². The van der Waals surface area contributed by atoms with Crippen LogP contribution in [0.1, 0.15) is 42.1 Å². The number of fused-ring (bicyclic) bond motifs is 1. The molecule has 0 saturated heterocycles. The zero-order chi connectivity index (χ0) is 11.9. The van der Waals surface area contributed by atoms with E-state index in [1.54, 1.807) is 5.56 Å². The number of hydrogen-bond acceptors (Lipinski definition) is 2. The zero-order valence-electron chi connectivity index (χ0n) is 10.8. The molecule has 1 aliphatic heterocycles. The molecule has 1 aliphatic rings. The molecule has 2 heteroatoms. The summed E-state index contributed by atoms with van der Waals surface area (Å²) in [6, 6.07) is 4.96. The minimum atomic E-state index is 0.278. The van der Waals surface area contributed by atoms with E-state index in [4.69, 9.17) is 0 Å². The smallest absolute Gasteiger partial charge is 0.0467 e. The summed E-state index contributed by atoms with van der Waals surface area (Å²) < 4.78 is 0.278. The third kappa shape index (κ3) is 1.78. The Hall–Kier alpha value is -0.470. The standard InChI is InChI=1S/C14H21NS/c1-9-6-7-10(2)12-11(9)8-16-14(3,4)13(12)15-5/h6-7,13,15H,8H2,1-5H3. The molecule has 16 heavy (non-hydrogen) atoms. The van der Waals surface area contributed by atoms with Gasteiger partial charge >= 0.3 is 0 Å². The maximum Gasteiger partial charge on any atom is 0.0467 e. The molecule has 0 aromatic heterocycles. The second-order valence-electron chi connectivity index (χ2n) is 5.21. The minimum absolute atomic E-state index is 0.278. The normalized spacial score (nSPS) is 22.9. The van der Waals surface area contributed by atoms with Gasteiger partial charge in [-0.1, -0.05) is 12.1 Å². The predicted molar refractivity (Wildman–Crippen MR) is 73.1 cm³/mol. The van der Waals surface area contributed by atoms with Crippen molar-refractivity contribution in [1.29, 1.82) is 0 Å². The van der Waals surface area contributed by atoms with Crippen molar-refractivity contribution in [3.63, 3.8) is 0 Å². The Labute approximate surface area is 103 Å². The average Bonchev–Trinajstić information content (AvgIpc) is 2.22. The number of nitrogens with one attached hydrogen (secondary N) is 1. The summed E-state index contributed by atoms with van der Waals surface area (Å²) in [5.74, 6) is 1.15. The van der Waals surface area contributed by atoms with Crippen molar-refractivity contribution in [2.75, 3.05) is 7.05 Å². The largest absolute Gasteiger partial charge is 0.312 e. The Bertz CT molecular complexity index is 409. The van der Waals surface area contributed by atoms with E-state index >= 15 is 0 Å². The van der Waals surface area contributed by atoms with E-state index in [-0.39, 0.29) is 4.75 Å². The van der Waals surface area contributed by atoms with Crippen LogP contribution in [0.25, 0.3) is 0 Å². The highest BCUT2D eigenvalue weighted by Gasteiger charge is 2.36. The second kappa shape index (κ2) is 4.08. The molecule has 1 nitrogen and oxygen atoms in total. The maximum absolute atomic E-state index is 3.50. The molecule has 0 bridgehead atoms. The zero-order valence-corrected chi connectivity index (χ0v) is 11.7. The summed E-state index contributed by atoms with van der Waals surface area (Å²) >= 11 is 2.06. The average molecular weight is 235 g/mol. The van der Waals surface area contributed by atoms with E-state index in [9.17, 15) is 0 Å². The summed E-state index contributed by atoms with van der Waals surface area (Å²) in [4.78, 5) is 0. The first kappa shape index (κ1) is 12.0. The fraction of sp³-hybridized carbons (Fsp3) is 0.571. The van der Waals surface area contributed by atoms with Crippen LogP contribution < -0.4 is 5.32 Å². The molecule has 0 spiro atoms. The maximum atomic E-state index is 3.50. The van der Waals surface area contributed by atoms with Crippen LogP contribution in [0.3, 0.4) is 0 Å². The molecular weight excluding hydrogens is 214 g/mol. The molecule has 88 valence electrons. The Balaban J connectivity index is 2.61. The van der Waals surface area contributed by atoms with Gasteiger partial charge in [0.2, 0.25) is 0 Å². The van der Waals surface area contributed by atoms with Gasteiger partial charge < -0.3 is 5.32 Å². The van der Waals surface area contributed by atoms with Gasteiger partial charge in [0.1, 0.15) is 0 Å². The van der Waals surface area contributed by atoms with Gasteiger partial charge in [0.25, 0.3) is 0 Å². The predicted octanol–water partition coefficient (Wildman–Crippen LogP) is 3.59. The molecule has 1 unspecified atom stereocenters. The SMILES string of the molecule is CNC1c2c(C)ccc(C)c2CSC1(C)C. The van der Waals surface area contributed by atoms with Crippen LogP contribution in [-0.2, 0) is 5.75 Å². The first-order chi connectivity index (χ1) is 7.47. The molecular formula is C14H21NS. The molecule has 1 aromatic rings. The number of rotatable bonds is 1. The molecule has 0 amide bonds. The topological polar surface area (TPSA) is 12.0 Å². The van der Waals surface area contributed by atoms with Crippen LogP contribution in [0.15, 0.2) is 12.1 Å². The van der Waals surface area contributed by atoms with E-state index in [1.165, 1.54) is 16.7 Å². The molecule has 0 fully saturated rings. The fourth-order valence-corrected chi connectivity index (χ4v) is 3.97. The number of hydrogen-bond donors (Lipinski definition) is 1. The van der Waals surface area contributed by atoms with Crippen molar-refractivity contribution in [2.45, 2.75) is 44.2 Å². The van der Waals surface area contributed by atoms with E-state index in [0.717, 1.165) is 5.75 Å². The van der Waals surface area contributed by atoms with Crippen LogP contribution in [-0.4, -0.2) is 11.8 Å². The molecule has 1 atom stereocenters. The van der Waals surface area contributed by atoms with Gasteiger partial charge in [0, 0.05) is 16.5 Å². The molecule has 0 saturated carbocycles. The van der Waals surface area contributed by atoms with Crippen LogP contribution in [0, 0.1) is 13.8 Å².